The van der Waals surface area contributed by atoms with Crippen molar-refractivity contribution in [3.63, 3.8) is 0 Å². The third-order valence-corrected chi connectivity index (χ3v) is 5.55. The fourth-order valence-electron chi connectivity index (χ4n) is 3.18. The molecule has 2 atom stereocenters. The van der Waals surface area contributed by atoms with Gasteiger partial charge in [0.25, 0.3) is 5.91 Å². The van der Waals surface area contributed by atoms with Gasteiger partial charge in [-0.1, -0.05) is 18.2 Å². The van der Waals surface area contributed by atoms with E-state index in [1.807, 2.05) is 67.0 Å². The summed E-state index contributed by atoms with van der Waals surface area (Å²) >= 11 is 2.17. The van der Waals surface area contributed by atoms with Gasteiger partial charge in [-0.3, -0.25) is 9.79 Å². The number of hydrogen-bond donors (Lipinski definition) is 1. The van der Waals surface area contributed by atoms with Crippen molar-refractivity contribution in [2.24, 2.45) is 4.99 Å². The number of amides is 1. The Balaban J connectivity index is 1.47. The molecule has 4 rings (SSSR count). The molecule has 0 bridgehead atoms. The lowest BCUT2D eigenvalue weighted by molar-refractivity contribution is 0.102. The number of carbonyl (C=O) groups is 1. The molecule has 0 saturated carbocycles. The van der Waals surface area contributed by atoms with Gasteiger partial charge >= 0.3 is 0 Å². The van der Waals surface area contributed by atoms with Gasteiger partial charge in [0.1, 0.15) is 5.76 Å². The Hall–Kier alpha value is -2.61. The van der Waals surface area contributed by atoms with E-state index in [-0.39, 0.29) is 18.0 Å². The van der Waals surface area contributed by atoms with E-state index in [1.54, 1.807) is 7.11 Å². The van der Waals surface area contributed by atoms with Crippen molar-refractivity contribution in [1.29, 1.82) is 0 Å². The van der Waals surface area contributed by atoms with E-state index in [1.165, 1.54) is 0 Å². The molecule has 0 aromatic heterocycles. The molecule has 0 spiro atoms. The molecule has 2 aliphatic rings. The number of fused-ring (bicyclic) bond motifs is 1. The largest absolute Gasteiger partial charge is 0.497 e. The number of methoxy groups -OCH3 is 1. The second-order valence-corrected chi connectivity index (χ2v) is 7.43. The molecule has 6 heteroatoms. The average Bonchev–Trinajstić information content (AvgIpc) is 3.12. The second kappa shape index (κ2) is 7.56. The Kier molecular flexibility index (Phi) is 4.98. The van der Waals surface area contributed by atoms with Crippen LogP contribution < -0.4 is 10.2 Å². The first-order chi connectivity index (χ1) is 13.2. The maximum atomic E-state index is 12.4. The Morgan fingerprint density at radius 1 is 1.19 bits per heavy atom. The summed E-state index contributed by atoms with van der Waals surface area (Å²) in [6.45, 7) is 0. The zero-order chi connectivity index (χ0) is 18.8. The fourth-order valence-corrected chi connectivity index (χ4v) is 3.81. The third-order valence-electron chi connectivity index (χ3n) is 4.60. The van der Waals surface area contributed by atoms with Crippen LogP contribution in [0.25, 0.3) is 0 Å². The van der Waals surface area contributed by atoms with Gasteiger partial charge < -0.3 is 15.0 Å². The molecule has 136 valence electrons. The molecule has 1 aliphatic heterocycles. The number of ether oxygens (including phenoxy) is 1. The van der Waals surface area contributed by atoms with Crippen LogP contribution in [0.2, 0.25) is 0 Å². The Morgan fingerprint density at radius 2 is 1.96 bits per heavy atom. The van der Waals surface area contributed by atoms with Crippen molar-refractivity contribution in [3.8, 4) is 0 Å². The van der Waals surface area contributed by atoms with Gasteiger partial charge in [-0.15, -0.1) is 0 Å². The minimum Gasteiger partial charge on any atom is -0.497 e. The number of halogens is 1. The molecule has 1 heterocycles. The summed E-state index contributed by atoms with van der Waals surface area (Å²) in [5.74, 6) is 0.729. The van der Waals surface area contributed by atoms with Crippen LogP contribution in [0, 0.1) is 3.57 Å². The molecule has 0 fully saturated rings. The molecular weight excluding hydrogens is 453 g/mol. The molecule has 1 aliphatic carbocycles. The number of rotatable bonds is 4. The number of carbonyl (C=O) groups excluding carboxylic acids is 1. The maximum Gasteiger partial charge on any atom is 0.256 e. The van der Waals surface area contributed by atoms with E-state index in [0.717, 1.165) is 20.7 Å². The van der Waals surface area contributed by atoms with Crippen molar-refractivity contribution in [1.82, 2.24) is 0 Å². The lowest BCUT2D eigenvalue weighted by Crippen LogP contribution is -2.35. The van der Waals surface area contributed by atoms with E-state index in [2.05, 4.69) is 43.9 Å². The summed E-state index contributed by atoms with van der Waals surface area (Å²) in [5, 5.41) is 2.95. The highest BCUT2D eigenvalue weighted by molar-refractivity contribution is 14.1. The van der Waals surface area contributed by atoms with Crippen LogP contribution in [0.5, 0.6) is 0 Å². The van der Waals surface area contributed by atoms with Crippen molar-refractivity contribution >= 4 is 46.2 Å². The minimum atomic E-state index is -0.108. The van der Waals surface area contributed by atoms with Crippen molar-refractivity contribution in [2.45, 2.75) is 12.1 Å². The Morgan fingerprint density at radius 3 is 2.70 bits per heavy atom. The molecule has 0 saturated heterocycles. The summed E-state index contributed by atoms with van der Waals surface area (Å²) in [4.78, 5) is 19.1. The van der Waals surface area contributed by atoms with E-state index in [9.17, 15) is 4.79 Å². The summed E-state index contributed by atoms with van der Waals surface area (Å²) in [5.41, 5.74) is 2.46. The van der Waals surface area contributed by atoms with Gasteiger partial charge in [0.2, 0.25) is 0 Å². The SMILES string of the molecule is COC1=CC2N=CN(c3ccc(NC(=O)c4ccccc4I)cc3)C2C=C1. The molecular formula is C21H18IN3O2. The smallest absolute Gasteiger partial charge is 0.256 e. The van der Waals surface area contributed by atoms with Crippen LogP contribution in [0.15, 0.2) is 77.5 Å². The number of allylic oxidation sites excluding steroid dienone is 1. The van der Waals surface area contributed by atoms with Crippen LogP contribution in [-0.2, 0) is 4.74 Å². The highest BCUT2D eigenvalue weighted by Gasteiger charge is 2.30. The first-order valence-corrected chi connectivity index (χ1v) is 9.65. The van der Waals surface area contributed by atoms with Crippen molar-refractivity contribution in [3.05, 3.63) is 81.7 Å². The second-order valence-electron chi connectivity index (χ2n) is 6.27. The predicted octanol–water partition coefficient (Wildman–Crippen LogP) is 4.23. The number of aliphatic imine (C=N–C) groups is 1. The highest BCUT2D eigenvalue weighted by Crippen LogP contribution is 2.29. The molecule has 2 unspecified atom stereocenters. The topological polar surface area (TPSA) is 53.9 Å². The van der Waals surface area contributed by atoms with Gasteiger partial charge in [0, 0.05) is 14.9 Å². The lowest BCUT2D eigenvalue weighted by Gasteiger charge is -2.26. The van der Waals surface area contributed by atoms with Gasteiger partial charge in [-0.25, -0.2) is 0 Å². The van der Waals surface area contributed by atoms with Crippen LogP contribution >= 0.6 is 22.6 Å². The molecule has 5 nitrogen and oxygen atoms in total. The molecule has 1 N–H and O–H groups in total. The normalized spacial score (nSPS) is 20.2. The van der Waals surface area contributed by atoms with Gasteiger partial charge in [-0.2, -0.15) is 0 Å². The van der Waals surface area contributed by atoms with E-state index < -0.39 is 0 Å². The summed E-state index contributed by atoms with van der Waals surface area (Å²) in [6.07, 6.45) is 7.95. The molecule has 27 heavy (non-hydrogen) atoms. The Bertz CT molecular complexity index is 950. The highest BCUT2D eigenvalue weighted by atomic mass is 127. The third kappa shape index (κ3) is 3.62. The van der Waals surface area contributed by atoms with Gasteiger partial charge in [-0.05, 0) is 71.1 Å². The zero-order valence-corrected chi connectivity index (χ0v) is 16.8. The molecule has 1 amide bonds. The predicted molar refractivity (Wildman–Crippen MR) is 116 cm³/mol. The first kappa shape index (κ1) is 17.8. The summed E-state index contributed by atoms with van der Waals surface area (Å²) in [7, 11) is 1.66. The number of benzene rings is 2. The fraction of sp³-hybridized carbons (Fsp3) is 0.143. The first-order valence-electron chi connectivity index (χ1n) is 8.57. The van der Waals surface area contributed by atoms with Gasteiger partial charge in [0.15, 0.2) is 0 Å². The average molecular weight is 471 g/mol. The minimum absolute atomic E-state index is 0.0597. The molecule has 2 aromatic carbocycles. The maximum absolute atomic E-state index is 12.4. The lowest BCUT2D eigenvalue weighted by atomic mass is 10.0. The number of nitrogens with one attached hydrogen (secondary N) is 1. The van der Waals surface area contributed by atoms with E-state index in [4.69, 9.17) is 4.74 Å². The standard InChI is InChI=1S/C21H18IN3O2/c1-27-16-10-11-20-19(12-16)23-13-25(20)15-8-6-14(7-9-15)24-21(26)17-4-2-3-5-18(17)22/h2-13,19-20H,1H3,(H,24,26). The molecule has 2 aromatic rings. The number of nitrogens with zero attached hydrogens (tertiary/aromatic N) is 2. The van der Waals surface area contributed by atoms with Crippen LogP contribution in [0.4, 0.5) is 11.4 Å². The van der Waals surface area contributed by atoms with E-state index >= 15 is 0 Å². The van der Waals surface area contributed by atoms with Crippen LogP contribution in [-0.4, -0.2) is 31.4 Å². The zero-order valence-electron chi connectivity index (χ0n) is 14.7. The van der Waals surface area contributed by atoms with E-state index in [0.29, 0.717) is 5.56 Å². The quantitative estimate of drug-likeness (QED) is 0.680. The van der Waals surface area contributed by atoms with Crippen molar-refractivity contribution in [2.75, 3.05) is 17.3 Å². The Labute approximate surface area is 171 Å². The monoisotopic (exact) mass is 471 g/mol. The van der Waals surface area contributed by atoms with Gasteiger partial charge in [0.05, 0.1) is 31.1 Å². The van der Waals surface area contributed by atoms with Crippen LogP contribution in [0.3, 0.4) is 0 Å². The van der Waals surface area contributed by atoms with Crippen molar-refractivity contribution < 1.29 is 9.53 Å². The molecule has 0 radical (unpaired) electrons. The van der Waals surface area contributed by atoms with Crippen LogP contribution in [0.1, 0.15) is 10.4 Å². The number of hydrogen-bond acceptors (Lipinski definition) is 4. The number of anilines is 2. The summed E-state index contributed by atoms with van der Waals surface area (Å²) < 4.78 is 6.21. The summed E-state index contributed by atoms with van der Waals surface area (Å²) in [6, 6.07) is 15.5.